The molecule has 0 bridgehead atoms. The van der Waals surface area contributed by atoms with Crippen LogP contribution < -0.4 is 0 Å². The van der Waals surface area contributed by atoms with Gasteiger partial charge in [0.2, 0.25) is 5.91 Å². The number of halogens is 1. The van der Waals surface area contributed by atoms with E-state index in [-0.39, 0.29) is 18.1 Å². The van der Waals surface area contributed by atoms with Gasteiger partial charge in [0, 0.05) is 19.8 Å². The Balaban J connectivity index is 2.00. The highest BCUT2D eigenvalue weighted by Gasteiger charge is 2.15. The smallest absolute Gasteiger partial charge is 0.352 e. The topological polar surface area (TPSA) is 62.5 Å². The van der Waals surface area contributed by atoms with Crippen LogP contribution in [-0.4, -0.2) is 33.5 Å². The van der Waals surface area contributed by atoms with E-state index < -0.39 is 5.97 Å². The molecule has 2 aromatic rings. The molecule has 0 radical (unpaired) electrons. The van der Waals surface area contributed by atoms with Crippen molar-refractivity contribution in [3.05, 3.63) is 44.8 Å². The summed E-state index contributed by atoms with van der Waals surface area (Å²) in [4.78, 5) is 24.7. The van der Waals surface area contributed by atoms with Crippen molar-refractivity contribution in [1.82, 2.24) is 9.47 Å². The van der Waals surface area contributed by atoms with Crippen molar-refractivity contribution < 1.29 is 14.7 Å². The van der Waals surface area contributed by atoms with Gasteiger partial charge in [-0.2, -0.15) is 0 Å². The van der Waals surface area contributed by atoms with Gasteiger partial charge >= 0.3 is 5.97 Å². The lowest BCUT2D eigenvalue weighted by molar-refractivity contribution is -0.131. The molecule has 106 valence electrons. The quantitative estimate of drug-likeness (QED) is 0.895. The zero-order valence-corrected chi connectivity index (χ0v) is 13.1. The molecule has 0 aromatic carbocycles. The second-order valence-electron chi connectivity index (χ2n) is 4.34. The molecular weight excluding hydrogens is 344 g/mol. The van der Waals surface area contributed by atoms with E-state index in [4.69, 9.17) is 5.11 Å². The van der Waals surface area contributed by atoms with Crippen LogP contribution in [0, 0.1) is 0 Å². The number of thiophene rings is 1. The summed E-state index contributed by atoms with van der Waals surface area (Å²) < 4.78 is 2.46. The maximum absolute atomic E-state index is 12.1. The third-order valence-corrected chi connectivity index (χ3v) is 4.37. The minimum Gasteiger partial charge on any atom is -0.477 e. The lowest BCUT2D eigenvalue weighted by Crippen LogP contribution is -2.30. The van der Waals surface area contributed by atoms with E-state index in [0.717, 1.165) is 9.35 Å². The monoisotopic (exact) mass is 356 g/mol. The molecule has 0 aliphatic rings. The largest absolute Gasteiger partial charge is 0.477 e. The first-order valence-electron chi connectivity index (χ1n) is 5.82. The molecule has 0 aliphatic carbocycles. The fraction of sp³-hybridized carbons (Fsp3) is 0.231. The van der Waals surface area contributed by atoms with E-state index in [9.17, 15) is 9.59 Å². The number of hydrogen-bond donors (Lipinski definition) is 1. The Kier molecular flexibility index (Phi) is 4.61. The first-order valence-corrected chi connectivity index (χ1v) is 7.50. The molecule has 5 nitrogen and oxygen atoms in total. The number of nitrogens with zero attached hydrogens (tertiary/aromatic N) is 2. The average Bonchev–Trinajstić information content (AvgIpc) is 2.98. The van der Waals surface area contributed by atoms with Crippen molar-refractivity contribution in [3.8, 4) is 0 Å². The van der Waals surface area contributed by atoms with Crippen LogP contribution in [-0.2, 0) is 17.9 Å². The Bertz CT molecular complexity index is 635. The highest BCUT2D eigenvalue weighted by molar-refractivity contribution is 9.11. The van der Waals surface area contributed by atoms with Gasteiger partial charge < -0.3 is 14.6 Å². The molecule has 20 heavy (non-hydrogen) atoms. The number of hydrogen-bond acceptors (Lipinski definition) is 3. The molecule has 2 rings (SSSR count). The summed E-state index contributed by atoms with van der Waals surface area (Å²) in [6, 6.07) is 5.06. The fourth-order valence-electron chi connectivity index (χ4n) is 1.80. The second-order valence-corrected chi connectivity index (χ2v) is 6.63. The maximum atomic E-state index is 12.1. The van der Waals surface area contributed by atoms with E-state index in [1.807, 2.05) is 11.4 Å². The van der Waals surface area contributed by atoms with Gasteiger partial charge in [0.1, 0.15) is 12.2 Å². The van der Waals surface area contributed by atoms with E-state index in [1.54, 1.807) is 35.5 Å². The normalized spacial score (nSPS) is 10.5. The van der Waals surface area contributed by atoms with Crippen molar-refractivity contribution in [2.45, 2.75) is 13.1 Å². The SMILES string of the molecule is CN(Cc1csc(Br)c1)C(=O)Cn1cccc1C(=O)O. The number of rotatable bonds is 5. The summed E-state index contributed by atoms with van der Waals surface area (Å²) in [6.07, 6.45) is 1.59. The van der Waals surface area contributed by atoms with Crippen molar-refractivity contribution in [1.29, 1.82) is 0 Å². The number of carbonyl (C=O) groups excluding carboxylic acids is 1. The third kappa shape index (κ3) is 3.49. The Morgan fingerprint density at radius 3 is 2.85 bits per heavy atom. The predicted molar refractivity (Wildman–Crippen MR) is 79.9 cm³/mol. The summed E-state index contributed by atoms with van der Waals surface area (Å²) in [5, 5.41) is 11.0. The van der Waals surface area contributed by atoms with Gasteiger partial charge in [0.15, 0.2) is 0 Å². The van der Waals surface area contributed by atoms with Crippen molar-refractivity contribution >= 4 is 39.1 Å². The third-order valence-electron chi connectivity index (χ3n) is 2.82. The molecule has 1 amide bonds. The molecule has 2 heterocycles. The zero-order chi connectivity index (χ0) is 14.7. The van der Waals surface area contributed by atoms with Gasteiger partial charge in [-0.05, 0) is 45.1 Å². The molecule has 1 N–H and O–H groups in total. The van der Waals surface area contributed by atoms with Crippen molar-refractivity contribution in [3.63, 3.8) is 0 Å². The highest BCUT2D eigenvalue weighted by Crippen LogP contribution is 2.21. The van der Waals surface area contributed by atoms with Crippen LogP contribution >= 0.6 is 27.3 Å². The molecule has 0 unspecified atom stereocenters. The molecular formula is C13H13BrN2O3S. The molecule has 0 spiro atoms. The average molecular weight is 357 g/mol. The summed E-state index contributed by atoms with van der Waals surface area (Å²) >= 11 is 4.94. The van der Waals surface area contributed by atoms with Crippen LogP contribution in [0.4, 0.5) is 0 Å². The number of likely N-dealkylation sites (N-methyl/N-ethyl adjacent to an activating group) is 1. The van der Waals surface area contributed by atoms with Gasteiger partial charge in [-0.3, -0.25) is 4.79 Å². The van der Waals surface area contributed by atoms with E-state index >= 15 is 0 Å². The molecule has 0 saturated carbocycles. The molecule has 0 atom stereocenters. The summed E-state index contributed by atoms with van der Waals surface area (Å²) in [6.45, 7) is 0.529. The van der Waals surface area contributed by atoms with Gasteiger partial charge in [0.05, 0.1) is 3.79 Å². The van der Waals surface area contributed by atoms with Gasteiger partial charge in [-0.25, -0.2) is 4.79 Å². The van der Waals surface area contributed by atoms with Gasteiger partial charge in [-0.15, -0.1) is 11.3 Å². The Hall–Kier alpha value is -1.60. The van der Waals surface area contributed by atoms with Crippen molar-refractivity contribution in [2.24, 2.45) is 0 Å². The first-order chi connectivity index (χ1) is 9.47. The van der Waals surface area contributed by atoms with E-state index in [0.29, 0.717) is 6.54 Å². The van der Waals surface area contributed by atoms with Crippen LogP contribution in [0.15, 0.2) is 33.6 Å². The summed E-state index contributed by atoms with van der Waals surface area (Å²) in [7, 11) is 1.71. The van der Waals surface area contributed by atoms with Crippen LogP contribution in [0.1, 0.15) is 16.1 Å². The minimum absolute atomic E-state index is 0.0242. The van der Waals surface area contributed by atoms with Crippen LogP contribution in [0.3, 0.4) is 0 Å². The maximum Gasteiger partial charge on any atom is 0.352 e. The molecule has 2 aromatic heterocycles. The van der Waals surface area contributed by atoms with Crippen LogP contribution in [0.2, 0.25) is 0 Å². The van der Waals surface area contributed by atoms with Gasteiger partial charge in [0.25, 0.3) is 0 Å². The number of carboxylic acid groups (broad SMARTS) is 1. The molecule has 7 heteroatoms. The highest BCUT2D eigenvalue weighted by atomic mass is 79.9. The Morgan fingerprint density at radius 2 is 2.25 bits per heavy atom. The number of carbonyl (C=O) groups is 2. The van der Waals surface area contributed by atoms with Crippen LogP contribution in [0.25, 0.3) is 0 Å². The molecule has 0 fully saturated rings. The second kappa shape index (κ2) is 6.23. The van der Waals surface area contributed by atoms with Gasteiger partial charge in [-0.1, -0.05) is 0 Å². The number of aromatic carboxylic acids is 1. The molecule has 0 aliphatic heterocycles. The Morgan fingerprint density at radius 1 is 1.50 bits per heavy atom. The first kappa shape index (κ1) is 14.8. The number of amides is 1. The van der Waals surface area contributed by atoms with Crippen molar-refractivity contribution in [2.75, 3.05) is 7.05 Å². The summed E-state index contributed by atoms with van der Waals surface area (Å²) in [5.41, 5.74) is 1.16. The predicted octanol–water partition coefficient (Wildman–Crippen LogP) is 2.67. The Labute approximate surface area is 128 Å². The standard InChI is InChI=1S/C13H13BrN2O3S/c1-15(6-9-5-11(14)20-8-9)12(17)7-16-4-2-3-10(16)13(18)19/h2-5,8H,6-7H2,1H3,(H,18,19). The summed E-state index contributed by atoms with van der Waals surface area (Å²) in [5.74, 6) is -1.17. The number of carboxylic acids is 1. The fourth-order valence-corrected chi connectivity index (χ4v) is 3.00. The number of aromatic nitrogens is 1. The lowest BCUT2D eigenvalue weighted by atomic mass is 10.3. The van der Waals surface area contributed by atoms with Crippen LogP contribution in [0.5, 0.6) is 0 Å². The minimum atomic E-state index is -1.03. The molecule has 0 saturated heterocycles. The zero-order valence-electron chi connectivity index (χ0n) is 10.7. The lowest BCUT2D eigenvalue weighted by Gasteiger charge is -2.17. The van der Waals surface area contributed by atoms with E-state index in [2.05, 4.69) is 15.9 Å². The van der Waals surface area contributed by atoms with E-state index in [1.165, 1.54) is 10.6 Å².